The van der Waals surface area contributed by atoms with Crippen LogP contribution in [-0.4, -0.2) is 25.2 Å². The van der Waals surface area contributed by atoms with Gasteiger partial charge < -0.3 is 10.0 Å². The van der Waals surface area contributed by atoms with Gasteiger partial charge in [-0.25, -0.2) is 0 Å². The molecule has 2 nitrogen and oxygen atoms in total. The summed E-state index contributed by atoms with van der Waals surface area (Å²) in [5, 5.41) is 24.5. The monoisotopic (exact) mass is 380 g/mol. The maximum atomic E-state index is 9.80. The third kappa shape index (κ3) is 3.22. The van der Waals surface area contributed by atoms with E-state index in [-0.39, 0.29) is 0 Å². The van der Waals surface area contributed by atoms with Crippen LogP contribution in [0, 0.1) is 0 Å². The maximum absolute atomic E-state index is 9.80. The van der Waals surface area contributed by atoms with Crippen molar-refractivity contribution in [2.45, 2.75) is 0 Å². The normalized spacial score (nSPS) is 11.2. The summed E-state index contributed by atoms with van der Waals surface area (Å²) >= 11 is 0. The third-order valence-electron chi connectivity index (χ3n) is 5.24. The number of rotatable bonds is 5. The predicted octanol–water partition coefficient (Wildman–Crippen LogP) is 0.744. The molecule has 0 fully saturated rings. The first-order valence-corrected chi connectivity index (χ1v) is 11.4. The molecule has 4 aromatic carbocycles. The van der Waals surface area contributed by atoms with Gasteiger partial charge in [-0.05, 0) is 26.2 Å². The smallest absolute Gasteiger partial charge is 0.423 e. The molecule has 0 amide bonds. The maximum Gasteiger partial charge on any atom is 0.488 e. The first-order valence-electron chi connectivity index (χ1n) is 9.36. The van der Waals surface area contributed by atoms with Crippen molar-refractivity contribution in [3.63, 3.8) is 0 Å². The molecule has 4 aromatic rings. The van der Waals surface area contributed by atoms with E-state index < -0.39 is 15.2 Å². The molecule has 0 aromatic heterocycles. The van der Waals surface area contributed by atoms with E-state index >= 15 is 0 Å². The highest BCUT2D eigenvalue weighted by atomic mass is 28.3. The van der Waals surface area contributed by atoms with Crippen LogP contribution in [0.5, 0.6) is 0 Å². The van der Waals surface area contributed by atoms with Crippen LogP contribution >= 0.6 is 0 Å². The Morgan fingerprint density at radius 1 is 0.464 bits per heavy atom. The van der Waals surface area contributed by atoms with Crippen LogP contribution in [0.3, 0.4) is 0 Å². The SMILES string of the molecule is OB(O)c1cccc([Si](c2ccccc2)(c2ccccc2)c2ccccc2)c1. The second-order valence-electron chi connectivity index (χ2n) is 6.85. The second kappa shape index (κ2) is 7.99. The summed E-state index contributed by atoms with van der Waals surface area (Å²) in [5.41, 5.74) is 0.511. The summed E-state index contributed by atoms with van der Waals surface area (Å²) in [6.45, 7) is 0. The second-order valence-corrected chi connectivity index (χ2v) is 10.7. The molecule has 0 bridgehead atoms. The molecule has 0 aliphatic heterocycles. The zero-order chi connectivity index (χ0) is 19.4. The molecule has 0 unspecified atom stereocenters. The van der Waals surface area contributed by atoms with Gasteiger partial charge in [-0.15, -0.1) is 0 Å². The first-order chi connectivity index (χ1) is 13.7. The van der Waals surface area contributed by atoms with Crippen molar-refractivity contribution in [2.75, 3.05) is 0 Å². The number of benzene rings is 4. The summed E-state index contributed by atoms with van der Waals surface area (Å²) in [4.78, 5) is 0. The Kier molecular flexibility index (Phi) is 5.26. The van der Waals surface area contributed by atoms with E-state index in [0.29, 0.717) is 5.46 Å². The fourth-order valence-corrected chi connectivity index (χ4v) is 8.80. The Morgan fingerprint density at radius 3 is 1.25 bits per heavy atom. The molecule has 28 heavy (non-hydrogen) atoms. The van der Waals surface area contributed by atoms with Gasteiger partial charge in [0.2, 0.25) is 0 Å². The van der Waals surface area contributed by atoms with Gasteiger partial charge in [0, 0.05) is 0 Å². The molecule has 0 aliphatic rings. The highest BCUT2D eigenvalue weighted by Gasteiger charge is 2.41. The molecular formula is C24H21BO2Si. The lowest BCUT2D eigenvalue weighted by Gasteiger charge is -2.34. The van der Waals surface area contributed by atoms with E-state index in [9.17, 15) is 10.0 Å². The molecule has 0 spiro atoms. The summed E-state index contributed by atoms with van der Waals surface area (Å²) < 4.78 is 0. The molecular weight excluding hydrogens is 359 g/mol. The Labute approximate surface area is 166 Å². The fraction of sp³-hybridized carbons (Fsp3) is 0. The minimum absolute atomic E-state index is 0.511. The zero-order valence-corrected chi connectivity index (χ0v) is 16.4. The summed E-state index contributed by atoms with van der Waals surface area (Å²) in [6, 6.07) is 39.4. The van der Waals surface area contributed by atoms with Crippen molar-refractivity contribution in [1.82, 2.24) is 0 Å². The number of hydrogen-bond donors (Lipinski definition) is 2. The van der Waals surface area contributed by atoms with Crippen molar-refractivity contribution >= 4 is 41.4 Å². The fourth-order valence-electron chi connectivity index (χ4n) is 4.00. The summed E-state index contributed by atoms with van der Waals surface area (Å²) in [5.74, 6) is 0. The van der Waals surface area contributed by atoms with Crippen LogP contribution < -0.4 is 26.2 Å². The van der Waals surface area contributed by atoms with Gasteiger partial charge in [0.15, 0.2) is 8.07 Å². The molecule has 0 saturated carbocycles. The first kappa shape index (κ1) is 18.4. The van der Waals surface area contributed by atoms with E-state index in [4.69, 9.17) is 0 Å². The average molecular weight is 380 g/mol. The van der Waals surface area contributed by atoms with E-state index in [1.54, 1.807) is 6.07 Å². The van der Waals surface area contributed by atoms with Gasteiger partial charge in [0.25, 0.3) is 0 Å². The molecule has 136 valence electrons. The Balaban J connectivity index is 2.12. The molecule has 0 aliphatic carbocycles. The Bertz CT molecular complexity index is 941. The van der Waals surface area contributed by atoms with Gasteiger partial charge in [0.05, 0.1) is 0 Å². The lowest BCUT2D eigenvalue weighted by molar-refractivity contribution is 0.426. The molecule has 4 heteroatoms. The molecule has 0 heterocycles. The quantitative estimate of drug-likeness (QED) is 0.396. The van der Waals surface area contributed by atoms with Crippen LogP contribution in [0.4, 0.5) is 0 Å². The van der Waals surface area contributed by atoms with Crippen LogP contribution in [0.2, 0.25) is 0 Å². The highest BCUT2D eigenvalue weighted by Crippen LogP contribution is 2.09. The van der Waals surface area contributed by atoms with Crippen LogP contribution in [0.15, 0.2) is 115 Å². The minimum Gasteiger partial charge on any atom is -0.423 e. The summed E-state index contributed by atoms with van der Waals surface area (Å²) in [7, 11) is -4.09. The summed E-state index contributed by atoms with van der Waals surface area (Å²) in [6.07, 6.45) is 0. The average Bonchev–Trinajstić information content (AvgIpc) is 2.77. The van der Waals surface area contributed by atoms with Gasteiger partial charge in [0.1, 0.15) is 0 Å². The lowest BCUT2D eigenvalue weighted by Crippen LogP contribution is -2.75. The van der Waals surface area contributed by atoms with E-state index in [0.717, 1.165) is 5.19 Å². The largest absolute Gasteiger partial charge is 0.488 e. The zero-order valence-electron chi connectivity index (χ0n) is 15.4. The molecule has 0 saturated heterocycles. The Hall–Kier alpha value is -2.92. The van der Waals surface area contributed by atoms with Gasteiger partial charge >= 0.3 is 7.12 Å². The van der Waals surface area contributed by atoms with Gasteiger partial charge in [-0.2, -0.15) is 0 Å². The van der Waals surface area contributed by atoms with E-state index in [2.05, 4.69) is 78.9 Å². The lowest BCUT2D eigenvalue weighted by atomic mass is 9.80. The van der Waals surface area contributed by atoms with Crippen LogP contribution in [0.1, 0.15) is 0 Å². The van der Waals surface area contributed by atoms with Crippen LogP contribution in [-0.2, 0) is 0 Å². The van der Waals surface area contributed by atoms with Crippen molar-refractivity contribution in [3.05, 3.63) is 115 Å². The predicted molar refractivity (Wildman–Crippen MR) is 120 cm³/mol. The standard InChI is InChI=1S/C24H21BO2Si/c26-25(27)20-11-10-18-24(19-20)28(21-12-4-1-5-13-21,22-14-6-2-7-15-22)23-16-8-3-9-17-23/h1-19,26-27H. The van der Waals surface area contributed by atoms with Crippen molar-refractivity contribution in [1.29, 1.82) is 0 Å². The Morgan fingerprint density at radius 2 is 0.857 bits per heavy atom. The molecule has 4 rings (SSSR count). The molecule has 0 radical (unpaired) electrons. The van der Waals surface area contributed by atoms with E-state index in [1.165, 1.54) is 15.6 Å². The molecule has 2 N–H and O–H groups in total. The van der Waals surface area contributed by atoms with Gasteiger partial charge in [-0.3, -0.25) is 0 Å². The van der Waals surface area contributed by atoms with Crippen molar-refractivity contribution in [3.8, 4) is 0 Å². The van der Waals surface area contributed by atoms with Gasteiger partial charge in [-0.1, -0.05) is 115 Å². The van der Waals surface area contributed by atoms with Crippen molar-refractivity contribution < 1.29 is 10.0 Å². The number of hydrogen-bond acceptors (Lipinski definition) is 2. The molecule has 0 atom stereocenters. The van der Waals surface area contributed by atoms with Crippen LogP contribution in [0.25, 0.3) is 0 Å². The highest BCUT2D eigenvalue weighted by molar-refractivity contribution is 7.20. The topological polar surface area (TPSA) is 40.5 Å². The van der Waals surface area contributed by atoms with E-state index in [1.807, 2.05) is 30.3 Å². The van der Waals surface area contributed by atoms with Crippen molar-refractivity contribution in [2.24, 2.45) is 0 Å². The minimum atomic E-state index is -2.60. The third-order valence-corrected chi connectivity index (χ3v) is 10.0.